The summed E-state index contributed by atoms with van der Waals surface area (Å²) in [5.74, 6) is -0.870. The highest BCUT2D eigenvalue weighted by Crippen LogP contribution is 2.30. The molecule has 0 saturated carbocycles. The number of carbonyl (C=O) groups is 1. The number of amides is 1. The van der Waals surface area contributed by atoms with Gasteiger partial charge in [0.25, 0.3) is 5.91 Å². The van der Waals surface area contributed by atoms with Crippen molar-refractivity contribution in [3.63, 3.8) is 0 Å². The molecule has 160 valence electrons. The number of fused-ring (bicyclic) bond motifs is 1. The molecule has 0 fully saturated rings. The van der Waals surface area contributed by atoms with E-state index in [2.05, 4.69) is 10.3 Å². The van der Waals surface area contributed by atoms with Gasteiger partial charge in [0.15, 0.2) is 0 Å². The maximum Gasteiger partial charge on any atom is 0.252 e. The topological polar surface area (TPSA) is 82.3 Å². The van der Waals surface area contributed by atoms with Crippen LogP contribution in [0.1, 0.15) is 21.6 Å². The molecule has 6 nitrogen and oxygen atoms in total. The average Bonchev–Trinajstić information content (AvgIpc) is 2.96. The molecule has 1 aromatic heterocycles. The van der Waals surface area contributed by atoms with Crippen molar-refractivity contribution in [2.45, 2.75) is 18.2 Å². The number of hydrogen-bond donors (Lipinski definition) is 2. The zero-order chi connectivity index (χ0) is 22.2. The smallest absolute Gasteiger partial charge is 0.252 e. The third-order valence-corrected chi connectivity index (χ3v) is 7.36. The fourth-order valence-corrected chi connectivity index (χ4v) is 4.90. The number of nitrogens with zero attached hydrogens (tertiary/aromatic N) is 1. The predicted molar refractivity (Wildman–Crippen MR) is 116 cm³/mol. The normalized spacial score (nSPS) is 12.0. The van der Waals surface area contributed by atoms with Crippen LogP contribution in [0.2, 0.25) is 10.0 Å². The van der Waals surface area contributed by atoms with Gasteiger partial charge in [-0.05, 0) is 49.2 Å². The molecule has 0 atom stereocenters. The lowest BCUT2D eigenvalue weighted by Crippen LogP contribution is -2.27. The molecule has 0 spiro atoms. The Balaban J connectivity index is 1.81. The molecule has 30 heavy (non-hydrogen) atoms. The summed E-state index contributed by atoms with van der Waals surface area (Å²) >= 11 is 12.2. The van der Waals surface area contributed by atoms with E-state index >= 15 is 0 Å². The van der Waals surface area contributed by atoms with Crippen LogP contribution in [0.15, 0.2) is 35.2 Å². The summed E-state index contributed by atoms with van der Waals surface area (Å²) in [6, 6.07) is 6.90. The maximum atomic E-state index is 13.6. The van der Waals surface area contributed by atoms with E-state index in [0.29, 0.717) is 6.42 Å². The number of hydrogen-bond acceptors (Lipinski definition) is 3. The minimum atomic E-state index is -3.85. The van der Waals surface area contributed by atoms with E-state index in [4.69, 9.17) is 23.2 Å². The van der Waals surface area contributed by atoms with E-state index in [9.17, 15) is 17.6 Å². The van der Waals surface area contributed by atoms with Crippen LogP contribution in [0.5, 0.6) is 0 Å². The van der Waals surface area contributed by atoms with Crippen LogP contribution in [-0.2, 0) is 16.4 Å². The van der Waals surface area contributed by atoms with Gasteiger partial charge < -0.3 is 10.3 Å². The summed E-state index contributed by atoms with van der Waals surface area (Å²) in [5.41, 5.74) is 2.59. The molecule has 0 saturated heterocycles. The van der Waals surface area contributed by atoms with Crippen LogP contribution < -0.4 is 5.32 Å². The maximum absolute atomic E-state index is 13.6. The quantitative estimate of drug-likeness (QED) is 0.566. The Labute approximate surface area is 184 Å². The summed E-state index contributed by atoms with van der Waals surface area (Å²) < 4.78 is 39.5. The van der Waals surface area contributed by atoms with Gasteiger partial charge in [-0.1, -0.05) is 23.2 Å². The zero-order valence-corrected chi connectivity index (χ0v) is 18.8. The van der Waals surface area contributed by atoms with Crippen molar-refractivity contribution in [1.82, 2.24) is 14.6 Å². The van der Waals surface area contributed by atoms with E-state index in [-0.39, 0.29) is 32.9 Å². The molecule has 0 unspecified atom stereocenters. The van der Waals surface area contributed by atoms with Crippen LogP contribution in [0.3, 0.4) is 0 Å². The largest absolute Gasteiger partial charge is 0.358 e. The van der Waals surface area contributed by atoms with Crippen molar-refractivity contribution in [1.29, 1.82) is 0 Å². The number of nitrogens with one attached hydrogen (secondary N) is 2. The molecule has 2 aromatic carbocycles. The van der Waals surface area contributed by atoms with Crippen molar-refractivity contribution in [2.24, 2.45) is 0 Å². The Morgan fingerprint density at radius 1 is 1.17 bits per heavy atom. The van der Waals surface area contributed by atoms with E-state index < -0.39 is 15.9 Å². The molecule has 0 aliphatic heterocycles. The lowest BCUT2D eigenvalue weighted by molar-refractivity contribution is 0.0954. The summed E-state index contributed by atoms with van der Waals surface area (Å²) in [7, 11) is -1.11. The molecule has 3 aromatic rings. The number of rotatable bonds is 6. The van der Waals surface area contributed by atoms with Gasteiger partial charge in [0.1, 0.15) is 10.7 Å². The standard InChI is InChI=1S/C20H20Cl2FN3O3S/c1-11-13(14-8-12(23)4-5-18(14)25-11)6-7-24-20(27)15-9-19(17(22)10-16(15)21)30(28,29)26(2)3/h4-5,8-10,25H,6-7H2,1-3H3,(H,24,27). The highest BCUT2D eigenvalue weighted by molar-refractivity contribution is 7.89. The van der Waals surface area contributed by atoms with Gasteiger partial charge in [0.05, 0.1) is 15.6 Å². The second-order valence-electron chi connectivity index (χ2n) is 6.97. The SMILES string of the molecule is Cc1[nH]c2ccc(F)cc2c1CCNC(=O)c1cc(S(=O)(=O)N(C)C)c(Cl)cc1Cl. The highest BCUT2D eigenvalue weighted by atomic mass is 35.5. The Morgan fingerprint density at radius 2 is 1.87 bits per heavy atom. The average molecular weight is 472 g/mol. The van der Waals surface area contributed by atoms with E-state index in [0.717, 1.165) is 26.5 Å². The van der Waals surface area contributed by atoms with E-state index in [1.165, 1.54) is 38.4 Å². The Hall–Kier alpha value is -2.13. The Bertz CT molecular complexity index is 1240. The molecular weight excluding hydrogens is 452 g/mol. The number of aromatic amines is 1. The highest BCUT2D eigenvalue weighted by Gasteiger charge is 2.24. The number of aromatic nitrogens is 1. The second-order valence-corrected chi connectivity index (χ2v) is 9.91. The number of sulfonamides is 1. The van der Waals surface area contributed by atoms with Crippen LogP contribution in [0, 0.1) is 12.7 Å². The molecule has 3 rings (SSSR count). The summed E-state index contributed by atoms with van der Waals surface area (Å²) in [5, 5.41) is 3.46. The first-order valence-corrected chi connectivity index (χ1v) is 11.2. The number of halogens is 3. The third kappa shape index (κ3) is 4.32. The number of aryl methyl sites for hydroxylation is 1. The lowest BCUT2D eigenvalue weighted by Gasteiger charge is -2.15. The molecule has 0 bridgehead atoms. The minimum Gasteiger partial charge on any atom is -0.358 e. The predicted octanol–water partition coefficient (Wildman–Crippen LogP) is 4.15. The van der Waals surface area contributed by atoms with Crippen molar-refractivity contribution >= 4 is 50.0 Å². The van der Waals surface area contributed by atoms with Crippen molar-refractivity contribution in [2.75, 3.05) is 20.6 Å². The van der Waals surface area contributed by atoms with Crippen molar-refractivity contribution in [3.8, 4) is 0 Å². The monoisotopic (exact) mass is 471 g/mol. The number of H-pyrrole nitrogens is 1. The van der Waals surface area contributed by atoms with Crippen LogP contribution in [0.25, 0.3) is 10.9 Å². The zero-order valence-electron chi connectivity index (χ0n) is 16.5. The Kier molecular flexibility index (Phi) is 6.43. The first-order valence-electron chi connectivity index (χ1n) is 8.99. The molecule has 2 N–H and O–H groups in total. The fraction of sp³-hybridized carbons (Fsp3) is 0.250. The van der Waals surface area contributed by atoms with Gasteiger partial charge in [-0.3, -0.25) is 4.79 Å². The van der Waals surface area contributed by atoms with E-state index in [1.54, 1.807) is 6.07 Å². The van der Waals surface area contributed by atoms with Crippen LogP contribution in [-0.4, -0.2) is 44.3 Å². The van der Waals surface area contributed by atoms with Crippen LogP contribution in [0.4, 0.5) is 4.39 Å². The van der Waals surface area contributed by atoms with Gasteiger partial charge in [-0.25, -0.2) is 17.1 Å². The number of carbonyl (C=O) groups excluding carboxylic acids is 1. The molecule has 1 amide bonds. The molecule has 10 heteroatoms. The first-order chi connectivity index (χ1) is 14.0. The Morgan fingerprint density at radius 3 is 2.53 bits per heavy atom. The number of benzene rings is 2. The van der Waals surface area contributed by atoms with Crippen molar-refractivity contribution in [3.05, 3.63) is 63.0 Å². The summed E-state index contributed by atoms with van der Waals surface area (Å²) in [6.07, 6.45) is 0.453. The second kappa shape index (κ2) is 8.55. The third-order valence-electron chi connectivity index (χ3n) is 4.77. The van der Waals surface area contributed by atoms with Gasteiger partial charge in [-0.2, -0.15) is 0 Å². The van der Waals surface area contributed by atoms with Gasteiger partial charge in [-0.15, -0.1) is 0 Å². The fourth-order valence-electron chi connectivity index (χ4n) is 3.17. The molecular formula is C20H20Cl2FN3O3S. The molecule has 0 aliphatic carbocycles. The van der Waals surface area contributed by atoms with Gasteiger partial charge in [0, 0.05) is 37.2 Å². The van der Waals surface area contributed by atoms with Crippen LogP contribution >= 0.6 is 23.2 Å². The summed E-state index contributed by atoms with van der Waals surface area (Å²) in [4.78, 5) is 15.6. The summed E-state index contributed by atoms with van der Waals surface area (Å²) in [6.45, 7) is 2.13. The molecule has 0 radical (unpaired) electrons. The van der Waals surface area contributed by atoms with E-state index in [1.807, 2.05) is 6.92 Å². The molecule has 0 aliphatic rings. The minimum absolute atomic E-state index is 0.00295. The van der Waals surface area contributed by atoms with Gasteiger partial charge >= 0.3 is 0 Å². The van der Waals surface area contributed by atoms with Crippen molar-refractivity contribution < 1.29 is 17.6 Å². The van der Waals surface area contributed by atoms with Gasteiger partial charge in [0.2, 0.25) is 10.0 Å². The molecule has 1 heterocycles. The first kappa shape index (κ1) is 22.6. The lowest BCUT2D eigenvalue weighted by atomic mass is 10.1.